The van der Waals surface area contributed by atoms with Crippen LogP contribution in [0.15, 0.2) is 45.3 Å². The molecule has 0 saturated carbocycles. The number of rotatable bonds is 4. The smallest absolute Gasteiger partial charge is 0.142 e. The van der Waals surface area contributed by atoms with Gasteiger partial charge in [-0.3, -0.25) is 0 Å². The fraction of sp³-hybridized carbons (Fsp3) is 0.143. The third-order valence-corrected chi connectivity index (χ3v) is 3.70. The molecule has 0 radical (unpaired) electrons. The lowest BCUT2D eigenvalue weighted by Gasteiger charge is -2.10. The van der Waals surface area contributed by atoms with Gasteiger partial charge in [0.25, 0.3) is 0 Å². The number of anilines is 1. The van der Waals surface area contributed by atoms with Crippen molar-refractivity contribution in [1.29, 1.82) is 0 Å². The molecule has 3 nitrogen and oxygen atoms in total. The Kier molecular flexibility index (Phi) is 4.71. The lowest BCUT2D eigenvalue weighted by atomic mass is 10.2. The van der Waals surface area contributed by atoms with Gasteiger partial charge >= 0.3 is 0 Å². The second kappa shape index (κ2) is 6.30. The van der Waals surface area contributed by atoms with Crippen molar-refractivity contribution in [3.63, 3.8) is 0 Å². The Balaban J connectivity index is 2.08. The van der Waals surface area contributed by atoms with Gasteiger partial charge in [-0.05, 0) is 51.8 Å². The highest BCUT2D eigenvalue weighted by Crippen LogP contribution is 2.28. The van der Waals surface area contributed by atoms with Crippen LogP contribution in [0.1, 0.15) is 5.56 Å². The van der Waals surface area contributed by atoms with Crippen LogP contribution in [0.5, 0.6) is 11.5 Å². The molecule has 0 aliphatic rings. The first-order valence-corrected chi connectivity index (χ1v) is 7.19. The highest BCUT2D eigenvalue weighted by Gasteiger charge is 2.04. The molecule has 0 aliphatic heterocycles. The summed E-state index contributed by atoms with van der Waals surface area (Å²) in [5.41, 5.74) is 7.53. The zero-order valence-corrected chi connectivity index (χ0v) is 13.5. The molecule has 0 amide bonds. The Labute approximate surface area is 129 Å². The molecule has 0 aromatic heterocycles. The monoisotopic (exact) mass is 385 g/mol. The Morgan fingerprint density at radius 2 is 1.79 bits per heavy atom. The van der Waals surface area contributed by atoms with Crippen molar-refractivity contribution in [3.8, 4) is 11.5 Å². The molecule has 5 heteroatoms. The van der Waals surface area contributed by atoms with E-state index < -0.39 is 0 Å². The van der Waals surface area contributed by atoms with Crippen molar-refractivity contribution in [2.75, 3.05) is 12.8 Å². The van der Waals surface area contributed by atoms with Crippen LogP contribution in [-0.4, -0.2) is 7.11 Å². The molecular formula is C14H13Br2NO2. The SMILES string of the molecule is COc1ccc(COc2ccc(Br)cc2N)cc1Br. The quantitative estimate of drug-likeness (QED) is 0.793. The van der Waals surface area contributed by atoms with Gasteiger partial charge in [-0.1, -0.05) is 22.0 Å². The maximum atomic E-state index is 5.88. The standard InChI is InChI=1S/C14H13Br2NO2/c1-18-13-4-2-9(6-11(13)16)8-19-14-5-3-10(15)7-12(14)17/h2-7H,8,17H2,1H3. The first kappa shape index (κ1) is 14.2. The molecule has 100 valence electrons. The summed E-state index contributed by atoms with van der Waals surface area (Å²) in [4.78, 5) is 0. The molecule has 0 saturated heterocycles. The third-order valence-electron chi connectivity index (χ3n) is 2.58. The average Bonchev–Trinajstić information content (AvgIpc) is 2.38. The number of hydrogen-bond acceptors (Lipinski definition) is 3. The van der Waals surface area contributed by atoms with Crippen LogP contribution >= 0.6 is 31.9 Å². The number of nitrogen functional groups attached to an aromatic ring is 1. The minimum atomic E-state index is 0.453. The minimum absolute atomic E-state index is 0.453. The number of nitrogens with two attached hydrogens (primary N) is 1. The molecule has 0 fully saturated rings. The maximum absolute atomic E-state index is 5.88. The van der Waals surface area contributed by atoms with Gasteiger partial charge in [-0.2, -0.15) is 0 Å². The van der Waals surface area contributed by atoms with E-state index in [-0.39, 0.29) is 0 Å². The van der Waals surface area contributed by atoms with E-state index in [0.29, 0.717) is 18.0 Å². The van der Waals surface area contributed by atoms with E-state index in [1.54, 1.807) is 7.11 Å². The molecule has 0 heterocycles. The Morgan fingerprint density at radius 3 is 2.42 bits per heavy atom. The average molecular weight is 387 g/mol. The van der Waals surface area contributed by atoms with Crippen LogP contribution < -0.4 is 15.2 Å². The van der Waals surface area contributed by atoms with Gasteiger partial charge in [0, 0.05) is 4.47 Å². The molecular weight excluding hydrogens is 374 g/mol. The van der Waals surface area contributed by atoms with E-state index in [1.165, 1.54) is 0 Å². The summed E-state index contributed by atoms with van der Waals surface area (Å²) in [6.45, 7) is 0.453. The number of hydrogen-bond donors (Lipinski definition) is 1. The molecule has 0 aliphatic carbocycles. The molecule has 2 rings (SSSR count). The van der Waals surface area contributed by atoms with Gasteiger partial charge in [0.15, 0.2) is 0 Å². The van der Waals surface area contributed by atoms with E-state index in [0.717, 1.165) is 20.3 Å². The molecule has 2 aromatic carbocycles. The third kappa shape index (κ3) is 3.64. The second-order valence-corrected chi connectivity index (χ2v) is 5.71. The number of ether oxygens (including phenoxy) is 2. The molecule has 2 aromatic rings. The lowest BCUT2D eigenvalue weighted by Crippen LogP contribution is -1.99. The predicted molar refractivity (Wildman–Crippen MR) is 83.6 cm³/mol. The predicted octanol–water partition coefficient (Wildman–Crippen LogP) is 4.38. The van der Waals surface area contributed by atoms with E-state index >= 15 is 0 Å². The summed E-state index contributed by atoms with van der Waals surface area (Å²) in [6.07, 6.45) is 0. The molecule has 2 N–H and O–H groups in total. The summed E-state index contributed by atoms with van der Waals surface area (Å²) in [5.74, 6) is 1.47. The zero-order valence-electron chi connectivity index (χ0n) is 10.3. The van der Waals surface area contributed by atoms with Crippen molar-refractivity contribution >= 4 is 37.5 Å². The van der Waals surface area contributed by atoms with Gasteiger partial charge in [-0.15, -0.1) is 0 Å². The van der Waals surface area contributed by atoms with Crippen LogP contribution in [0.3, 0.4) is 0 Å². The highest BCUT2D eigenvalue weighted by molar-refractivity contribution is 9.10. The summed E-state index contributed by atoms with van der Waals surface area (Å²) >= 11 is 6.81. The summed E-state index contributed by atoms with van der Waals surface area (Å²) in [7, 11) is 1.64. The van der Waals surface area contributed by atoms with Gasteiger partial charge in [-0.25, -0.2) is 0 Å². The van der Waals surface area contributed by atoms with E-state index in [9.17, 15) is 0 Å². The summed E-state index contributed by atoms with van der Waals surface area (Å²) in [6, 6.07) is 11.4. The van der Waals surface area contributed by atoms with Crippen molar-refractivity contribution in [2.24, 2.45) is 0 Å². The van der Waals surface area contributed by atoms with E-state index in [4.69, 9.17) is 15.2 Å². The second-order valence-electron chi connectivity index (χ2n) is 3.94. The lowest BCUT2D eigenvalue weighted by molar-refractivity contribution is 0.307. The largest absolute Gasteiger partial charge is 0.496 e. The summed E-state index contributed by atoms with van der Waals surface area (Å²) < 4.78 is 12.7. The van der Waals surface area contributed by atoms with E-state index in [2.05, 4.69) is 31.9 Å². The Hall–Kier alpha value is -1.20. The fourth-order valence-electron chi connectivity index (χ4n) is 1.61. The number of halogens is 2. The zero-order chi connectivity index (χ0) is 13.8. The van der Waals surface area contributed by atoms with Gasteiger partial charge in [0.05, 0.1) is 17.3 Å². The molecule has 0 spiro atoms. The van der Waals surface area contributed by atoms with Gasteiger partial charge < -0.3 is 15.2 Å². The van der Waals surface area contributed by atoms with E-state index in [1.807, 2.05) is 36.4 Å². The van der Waals surface area contributed by atoms with Crippen molar-refractivity contribution < 1.29 is 9.47 Å². The van der Waals surface area contributed by atoms with Crippen molar-refractivity contribution in [3.05, 3.63) is 50.9 Å². The van der Waals surface area contributed by atoms with Crippen LogP contribution in [0.4, 0.5) is 5.69 Å². The number of methoxy groups -OCH3 is 1. The van der Waals surface area contributed by atoms with Crippen LogP contribution in [0.25, 0.3) is 0 Å². The van der Waals surface area contributed by atoms with Crippen molar-refractivity contribution in [2.45, 2.75) is 6.61 Å². The Morgan fingerprint density at radius 1 is 1.05 bits per heavy atom. The fourth-order valence-corrected chi connectivity index (χ4v) is 2.58. The maximum Gasteiger partial charge on any atom is 0.142 e. The summed E-state index contributed by atoms with van der Waals surface area (Å²) in [5, 5.41) is 0. The van der Waals surface area contributed by atoms with Crippen LogP contribution in [0.2, 0.25) is 0 Å². The first-order valence-electron chi connectivity index (χ1n) is 5.60. The van der Waals surface area contributed by atoms with Gasteiger partial charge in [0.1, 0.15) is 18.1 Å². The van der Waals surface area contributed by atoms with Crippen molar-refractivity contribution in [1.82, 2.24) is 0 Å². The minimum Gasteiger partial charge on any atom is -0.496 e. The van der Waals surface area contributed by atoms with Gasteiger partial charge in [0.2, 0.25) is 0 Å². The highest BCUT2D eigenvalue weighted by atomic mass is 79.9. The molecule has 0 bridgehead atoms. The Bertz CT molecular complexity index is 588. The molecule has 0 unspecified atom stereocenters. The first-order chi connectivity index (χ1) is 9.10. The normalized spacial score (nSPS) is 10.3. The molecule has 0 atom stereocenters. The van der Waals surface area contributed by atoms with Crippen LogP contribution in [0, 0.1) is 0 Å². The molecule has 19 heavy (non-hydrogen) atoms. The van der Waals surface area contributed by atoms with Crippen LogP contribution in [-0.2, 0) is 6.61 Å². The topological polar surface area (TPSA) is 44.5 Å². The number of benzene rings is 2.